The summed E-state index contributed by atoms with van der Waals surface area (Å²) in [5, 5.41) is 7.84. The molecule has 0 fully saturated rings. The maximum Gasteiger partial charge on any atom is 0.307 e. The second-order valence-corrected chi connectivity index (χ2v) is 3.43. The fourth-order valence-electron chi connectivity index (χ4n) is 0.538. The van der Waals surface area contributed by atoms with Crippen molar-refractivity contribution in [3.05, 3.63) is 46.6 Å². The zero-order valence-corrected chi connectivity index (χ0v) is 9.27. The Morgan fingerprint density at radius 3 is 2.15 bits per heavy atom. The molecule has 0 aliphatic carbocycles. The lowest BCUT2D eigenvalue weighted by atomic mass is 10.4. The average Bonchev–Trinajstić information content (AvgIpc) is 2.06. The standard InChI is InChI=1S/C6H5I.C4H6O2/c7-6-4-2-1-3-5-6;1-2-3-4(5)6/h1-5H;2H,1,3H2,(H,5,6). The van der Waals surface area contributed by atoms with E-state index in [1.807, 2.05) is 18.2 Å². The Morgan fingerprint density at radius 2 is 2.00 bits per heavy atom. The van der Waals surface area contributed by atoms with E-state index in [2.05, 4.69) is 41.3 Å². The van der Waals surface area contributed by atoms with Gasteiger partial charge in [0.25, 0.3) is 0 Å². The molecule has 0 amide bonds. The smallest absolute Gasteiger partial charge is 0.307 e. The quantitative estimate of drug-likeness (QED) is 0.671. The van der Waals surface area contributed by atoms with Crippen LogP contribution in [0.1, 0.15) is 6.42 Å². The number of carbonyl (C=O) groups is 1. The summed E-state index contributed by atoms with van der Waals surface area (Å²) in [7, 11) is 0. The SMILES string of the molecule is C=CCC(=O)O.Ic1ccccc1. The van der Waals surface area contributed by atoms with Gasteiger partial charge in [-0.05, 0) is 34.7 Å². The minimum absolute atomic E-state index is 0.0556. The molecule has 0 radical (unpaired) electrons. The number of carboxylic acids is 1. The summed E-state index contributed by atoms with van der Waals surface area (Å²) < 4.78 is 1.29. The van der Waals surface area contributed by atoms with Gasteiger partial charge in [-0.25, -0.2) is 0 Å². The van der Waals surface area contributed by atoms with E-state index in [1.165, 1.54) is 9.65 Å². The average molecular weight is 290 g/mol. The molecule has 0 spiro atoms. The number of halogens is 1. The number of aliphatic carboxylic acids is 1. The Hall–Kier alpha value is -0.840. The van der Waals surface area contributed by atoms with Crippen molar-refractivity contribution in [3.8, 4) is 0 Å². The number of benzene rings is 1. The van der Waals surface area contributed by atoms with Gasteiger partial charge in [0.2, 0.25) is 0 Å². The van der Waals surface area contributed by atoms with Crippen molar-refractivity contribution in [2.75, 3.05) is 0 Å². The molecule has 70 valence electrons. The highest BCUT2D eigenvalue weighted by Crippen LogP contribution is 1.99. The second kappa shape index (κ2) is 7.79. The first-order valence-corrected chi connectivity index (χ1v) is 4.78. The molecule has 0 aromatic heterocycles. The van der Waals surface area contributed by atoms with Crippen LogP contribution < -0.4 is 0 Å². The largest absolute Gasteiger partial charge is 0.481 e. The van der Waals surface area contributed by atoms with Crippen LogP contribution in [0.2, 0.25) is 0 Å². The summed E-state index contributed by atoms with van der Waals surface area (Å²) in [5.74, 6) is -0.829. The lowest BCUT2D eigenvalue weighted by Gasteiger charge is -1.80. The van der Waals surface area contributed by atoms with Crippen LogP contribution in [0.3, 0.4) is 0 Å². The third kappa shape index (κ3) is 9.07. The monoisotopic (exact) mass is 290 g/mol. The molecule has 0 heterocycles. The van der Waals surface area contributed by atoms with Gasteiger partial charge in [-0.3, -0.25) is 4.79 Å². The fraction of sp³-hybridized carbons (Fsp3) is 0.100. The van der Waals surface area contributed by atoms with Gasteiger partial charge in [0.15, 0.2) is 0 Å². The second-order valence-electron chi connectivity index (χ2n) is 2.18. The molecule has 0 aliphatic heterocycles. The Bertz CT molecular complexity index is 257. The molecule has 0 saturated heterocycles. The van der Waals surface area contributed by atoms with Crippen LogP contribution in [0.25, 0.3) is 0 Å². The van der Waals surface area contributed by atoms with Gasteiger partial charge in [0, 0.05) is 3.57 Å². The maximum atomic E-state index is 9.53. The summed E-state index contributed by atoms with van der Waals surface area (Å²) >= 11 is 2.28. The summed E-state index contributed by atoms with van der Waals surface area (Å²) in [4.78, 5) is 9.53. The van der Waals surface area contributed by atoms with Crippen molar-refractivity contribution in [1.82, 2.24) is 0 Å². The topological polar surface area (TPSA) is 37.3 Å². The van der Waals surface area contributed by atoms with E-state index >= 15 is 0 Å². The van der Waals surface area contributed by atoms with E-state index in [0.717, 1.165) is 0 Å². The molecule has 2 nitrogen and oxygen atoms in total. The van der Waals surface area contributed by atoms with E-state index < -0.39 is 5.97 Å². The van der Waals surface area contributed by atoms with Crippen LogP contribution >= 0.6 is 22.6 Å². The predicted octanol–water partition coefficient (Wildman–Crippen LogP) is 2.94. The molecule has 0 unspecified atom stereocenters. The zero-order chi connectivity index (χ0) is 10.1. The van der Waals surface area contributed by atoms with E-state index in [-0.39, 0.29) is 6.42 Å². The first kappa shape index (κ1) is 12.2. The summed E-state index contributed by atoms with van der Waals surface area (Å²) in [6.45, 7) is 3.22. The molecule has 1 N–H and O–H groups in total. The molecule has 0 saturated carbocycles. The highest BCUT2D eigenvalue weighted by atomic mass is 127. The number of carboxylic acid groups (broad SMARTS) is 1. The summed E-state index contributed by atoms with van der Waals surface area (Å²) in [6, 6.07) is 10.2. The van der Waals surface area contributed by atoms with Crippen molar-refractivity contribution in [2.24, 2.45) is 0 Å². The van der Waals surface area contributed by atoms with Crippen LogP contribution in [0.15, 0.2) is 43.0 Å². The van der Waals surface area contributed by atoms with Gasteiger partial charge in [-0.2, -0.15) is 0 Å². The molecule has 13 heavy (non-hydrogen) atoms. The predicted molar refractivity (Wildman–Crippen MR) is 61.6 cm³/mol. The third-order valence-electron chi connectivity index (χ3n) is 1.05. The van der Waals surface area contributed by atoms with Crippen molar-refractivity contribution < 1.29 is 9.90 Å². The van der Waals surface area contributed by atoms with E-state index in [1.54, 1.807) is 0 Å². The Balaban J connectivity index is 0.000000226. The molecule has 1 rings (SSSR count). The summed E-state index contributed by atoms with van der Waals surface area (Å²) in [6.07, 6.45) is 1.41. The van der Waals surface area contributed by atoms with Crippen molar-refractivity contribution >= 4 is 28.6 Å². The first-order chi connectivity index (χ1) is 6.16. The van der Waals surface area contributed by atoms with Crippen LogP contribution in [-0.4, -0.2) is 11.1 Å². The van der Waals surface area contributed by atoms with E-state index in [9.17, 15) is 4.79 Å². The molecule has 0 bridgehead atoms. The van der Waals surface area contributed by atoms with Crippen molar-refractivity contribution in [2.45, 2.75) is 6.42 Å². The van der Waals surface area contributed by atoms with Crippen LogP contribution in [0, 0.1) is 3.57 Å². The minimum atomic E-state index is -0.829. The van der Waals surface area contributed by atoms with Crippen LogP contribution in [0.4, 0.5) is 0 Å². The Kier molecular flexibility index (Phi) is 7.29. The fourth-order valence-corrected chi connectivity index (χ4v) is 0.953. The van der Waals surface area contributed by atoms with Crippen LogP contribution in [0.5, 0.6) is 0 Å². The van der Waals surface area contributed by atoms with Gasteiger partial charge in [-0.15, -0.1) is 6.58 Å². The maximum absolute atomic E-state index is 9.53. The highest BCUT2D eigenvalue weighted by Gasteiger charge is 1.84. The molecule has 1 aromatic carbocycles. The van der Waals surface area contributed by atoms with Crippen molar-refractivity contribution in [3.63, 3.8) is 0 Å². The Morgan fingerprint density at radius 1 is 1.46 bits per heavy atom. The van der Waals surface area contributed by atoms with E-state index in [4.69, 9.17) is 5.11 Å². The zero-order valence-electron chi connectivity index (χ0n) is 7.11. The molecule has 0 aliphatic rings. The van der Waals surface area contributed by atoms with Gasteiger partial charge < -0.3 is 5.11 Å². The number of rotatable bonds is 2. The third-order valence-corrected chi connectivity index (χ3v) is 1.77. The lowest BCUT2D eigenvalue weighted by Crippen LogP contribution is -1.88. The summed E-state index contributed by atoms with van der Waals surface area (Å²) in [5.41, 5.74) is 0. The minimum Gasteiger partial charge on any atom is -0.481 e. The van der Waals surface area contributed by atoms with Gasteiger partial charge in [-0.1, -0.05) is 24.3 Å². The normalized spacial score (nSPS) is 8.08. The molecular weight excluding hydrogens is 279 g/mol. The molecule has 1 aromatic rings. The molecule has 3 heteroatoms. The number of hydrogen-bond acceptors (Lipinski definition) is 1. The molecular formula is C10H11IO2. The number of hydrogen-bond donors (Lipinski definition) is 1. The van der Waals surface area contributed by atoms with E-state index in [0.29, 0.717) is 0 Å². The Labute approximate surface area is 91.4 Å². The molecule has 0 atom stereocenters. The van der Waals surface area contributed by atoms with Gasteiger partial charge in [0.05, 0.1) is 6.42 Å². The first-order valence-electron chi connectivity index (χ1n) is 3.70. The van der Waals surface area contributed by atoms with Crippen LogP contribution in [-0.2, 0) is 4.79 Å². The highest BCUT2D eigenvalue weighted by molar-refractivity contribution is 14.1. The lowest BCUT2D eigenvalue weighted by molar-refractivity contribution is -0.135. The van der Waals surface area contributed by atoms with Gasteiger partial charge >= 0.3 is 5.97 Å². The van der Waals surface area contributed by atoms with Gasteiger partial charge in [0.1, 0.15) is 0 Å². The van der Waals surface area contributed by atoms with Crippen molar-refractivity contribution in [1.29, 1.82) is 0 Å².